The van der Waals surface area contributed by atoms with Crippen LogP contribution in [0.2, 0.25) is 0 Å². The van der Waals surface area contributed by atoms with E-state index < -0.39 is 35.3 Å². The lowest BCUT2D eigenvalue weighted by Gasteiger charge is -2.42. The van der Waals surface area contributed by atoms with Gasteiger partial charge in [-0.2, -0.15) is 23.5 Å². The topological polar surface area (TPSA) is 164 Å². The van der Waals surface area contributed by atoms with Crippen LogP contribution in [0, 0.1) is 11.8 Å². The van der Waals surface area contributed by atoms with Crippen LogP contribution in [0.4, 0.5) is 0 Å². The Kier molecular flexibility index (Phi) is 18.1. The van der Waals surface area contributed by atoms with E-state index in [2.05, 4.69) is 22.5 Å². The van der Waals surface area contributed by atoms with E-state index in [0.717, 1.165) is 29.3 Å². The van der Waals surface area contributed by atoms with Crippen LogP contribution in [0.5, 0.6) is 0 Å². The molecule has 2 heterocycles. The predicted molar refractivity (Wildman–Crippen MR) is 195 cm³/mol. The standard InChI is InChI=1S/C35H56N6O5S2/c1-7-10-19-47-22-26-12-11-13-27(37-26)23-48-20-14-29(42)40-35(15-17-41(18-16-35)30(43)9-3)34(46)38-28(21-24(4)5)33(45)39-31(32(36)44)25(6)8-2/h7,11-13,24-25,28,31H,1,8-10,14-23H2,2-6H3,(H2,36,44)(H,38,46)(H,39,45)(H,40,42). The van der Waals surface area contributed by atoms with E-state index in [4.69, 9.17) is 10.7 Å². The minimum absolute atomic E-state index is 0.0145. The number of hydrogen-bond acceptors (Lipinski definition) is 8. The number of aromatic nitrogens is 1. The quantitative estimate of drug-likeness (QED) is 0.110. The molecule has 3 atom stereocenters. The molecule has 5 amide bonds. The van der Waals surface area contributed by atoms with Crippen molar-refractivity contribution >= 4 is 53.1 Å². The van der Waals surface area contributed by atoms with Crippen molar-refractivity contribution in [2.24, 2.45) is 17.6 Å². The van der Waals surface area contributed by atoms with Gasteiger partial charge < -0.3 is 26.6 Å². The second-order valence-corrected chi connectivity index (χ2v) is 15.1. The summed E-state index contributed by atoms with van der Waals surface area (Å²) < 4.78 is 0. The summed E-state index contributed by atoms with van der Waals surface area (Å²) in [6.45, 7) is 13.8. The second-order valence-electron chi connectivity index (χ2n) is 12.8. The third kappa shape index (κ3) is 13.4. The predicted octanol–water partition coefficient (Wildman–Crippen LogP) is 3.95. The molecular weight excluding hydrogens is 649 g/mol. The molecule has 0 aromatic carbocycles. The summed E-state index contributed by atoms with van der Waals surface area (Å²) >= 11 is 3.42. The number of piperidine rings is 1. The van der Waals surface area contributed by atoms with Crippen LogP contribution in [0.3, 0.4) is 0 Å². The SMILES string of the molecule is C=CCCSCc1cccc(CSCCC(=O)NC2(C(=O)NC(CC(C)C)C(=O)NC(C(N)=O)C(C)CC)CCN(C(=O)CC)CC2)n1. The Bertz CT molecular complexity index is 1240. The van der Waals surface area contributed by atoms with Gasteiger partial charge in [-0.1, -0.05) is 53.2 Å². The maximum absolute atomic E-state index is 14.0. The van der Waals surface area contributed by atoms with Gasteiger partial charge in [-0.05, 0) is 55.4 Å². The highest BCUT2D eigenvalue weighted by Crippen LogP contribution is 2.25. The summed E-state index contributed by atoms with van der Waals surface area (Å²) in [4.78, 5) is 71.8. The van der Waals surface area contributed by atoms with E-state index in [1.54, 1.807) is 23.6 Å². The van der Waals surface area contributed by atoms with Gasteiger partial charge in [0.05, 0.1) is 11.4 Å². The van der Waals surface area contributed by atoms with E-state index in [1.807, 2.05) is 63.7 Å². The number of nitrogens with two attached hydrogens (primary N) is 1. The first-order chi connectivity index (χ1) is 22.8. The zero-order valence-electron chi connectivity index (χ0n) is 29.3. The molecule has 13 heteroatoms. The summed E-state index contributed by atoms with van der Waals surface area (Å²) in [6.07, 6.45) is 4.82. The van der Waals surface area contributed by atoms with Crippen LogP contribution in [0.15, 0.2) is 30.9 Å². The van der Waals surface area contributed by atoms with Crippen molar-refractivity contribution in [3.63, 3.8) is 0 Å². The van der Waals surface area contributed by atoms with Crippen molar-refractivity contribution in [2.45, 2.75) is 109 Å². The summed E-state index contributed by atoms with van der Waals surface area (Å²) in [6, 6.07) is 4.19. The third-order valence-electron chi connectivity index (χ3n) is 8.54. The summed E-state index contributed by atoms with van der Waals surface area (Å²) in [5, 5.41) is 8.65. The van der Waals surface area contributed by atoms with Gasteiger partial charge in [-0.3, -0.25) is 29.0 Å². The number of carbonyl (C=O) groups is 5. The summed E-state index contributed by atoms with van der Waals surface area (Å²) in [5.74, 6) is 1.01. The Balaban J connectivity index is 2.11. The first-order valence-electron chi connectivity index (χ1n) is 17.1. The van der Waals surface area contributed by atoms with E-state index >= 15 is 0 Å². The fourth-order valence-corrected chi connectivity index (χ4v) is 7.15. The number of hydrogen-bond donors (Lipinski definition) is 4. The molecule has 0 aliphatic carbocycles. The van der Waals surface area contributed by atoms with Crippen molar-refractivity contribution in [3.8, 4) is 0 Å². The Labute approximate surface area is 295 Å². The highest BCUT2D eigenvalue weighted by molar-refractivity contribution is 7.98. The lowest BCUT2D eigenvalue weighted by molar-refractivity contribution is -0.141. The zero-order valence-corrected chi connectivity index (χ0v) is 31.0. The number of rotatable bonds is 21. The number of thioether (sulfide) groups is 2. The maximum Gasteiger partial charge on any atom is 0.246 e. The van der Waals surface area contributed by atoms with Crippen LogP contribution in [-0.4, -0.2) is 81.6 Å². The molecule has 0 saturated carbocycles. The molecule has 1 fully saturated rings. The summed E-state index contributed by atoms with van der Waals surface area (Å²) in [7, 11) is 0. The van der Waals surface area contributed by atoms with Gasteiger partial charge in [-0.15, -0.1) is 6.58 Å². The number of carbonyl (C=O) groups excluding carboxylic acids is 5. The molecule has 1 aliphatic rings. The molecule has 3 unspecified atom stereocenters. The molecular formula is C35H56N6O5S2. The van der Waals surface area contributed by atoms with Crippen molar-refractivity contribution < 1.29 is 24.0 Å². The molecule has 1 aromatic rings. The van der Waals surface area contributed by atoms with Gasteiger partial charge in [0.1, 0.15) is 17.6 Å². The average molecular weight is 705 g/mol. The highest BCUT2D eigenvalue weighted by atomic mass is 32.2. The normalized spacial score (nSPS) is 16.0. The Hall–Kier alpha value is -3.06. The van der Waals surface area contributed by atoms with E-state index in [1.165, 1.54) is 0 Å². The van der Waals surface area contributed by atoms with E-state index in [-0.39, 0.29) is 42.9 Å². The van der Waals surface area contributed by atoms with Gasteiger partial charge in [0.25, 0.3) is 0 Å². The average Bonchev–Trinajstić information content (AvgIpc) is 3.06. The largest absolute Gasteiger partial charge is 0.368 e. The molecule has 0 bridgehead atoms. The molecule has 0 spiro atoms. The minimum Gasteiger partial charge on any atom is -0.368 e. The lowest BCUT2D eigenvalue weighted by Crippen LogP contribution is -2.66. The van der Waals surface area contributed by atoms with Gasteiger partial charge in [0.2, 0.25) is 29.5 Å². The Morgan fingerprint density at radius 1 is 1.02 bits per heavy atom. The molecule has 268 valence electrons. The van der Waals surface area contributed by atoms with Crippen molar-refractivity contribution in [1.82, 2.24) is 25.8 Å². The third-order valence-corrected chi connectivity index (χ3v) is 10.6. The lowest BCUT2D eigenvalue weighted by atomic mass is 9.85. The van der Waals surface area contributed by atoms with Crippen LogP contribution >= 0.6 is 23.5 Å². The number of nitrogens with zero attached hydrogens (tertiary/aromatic N) is 2. The van der Waals surface area contributed by atoms with E-state index in [0.29, 0.717) is 43.9 Å². The van der Waals surface area contributed by atoms with E-state index in [9.17, 15) is 24.0 Å². The Morgan fingerprint density at radius 2 is 1.65 bits per heavy atom. The monoisotopic (exact) mass is 704 g/mol. The van der Waals surface area contributed by atoms with Crippen LogP contribution in [0.25, 0.3) is 0 Å². The first-order valence-corrected chi connectivity index (χ1v) is 19.4. The zero-order chi connectivity index (χ0) is 35.7. The van der Waals surface area contributed by atoms with Crippen molar-refractivity contribution in [2.75, 3.05) is 24.6 Å². The first kappa shape index (κ1) is 41.1. The molecule has 5 N–H and O–H groups in total. The molecule has 1 saturated heterocycles. The molecule has 2 rings (SSSR count). The number of amides is 5. The Morgan fingerprint density at radius 3 is 2.19 bits per heavy atom. The highest BCUT2D eigenvalue weighted by Gasteiger charge is 2.44. The van der Waals surface area contributed by atoms with Gasteiger partial charge in [0.15, 0.2) is 0 Å². The van der Waals surface area contributed by atoms with Gasteiger partial charge >= 0.3 is 0 Å². The van der Waals surface area contributed by atoms with Crippen LogP contribution in [-0.2, 0) is 35.5 Å². The van der Waals surface area contributed by atoms with Crippen molar-refractivity contribution in [3.05, 3.63) is 42.2 Å². The van der Waals surface area contributed by atoms with Crippen LogP contribution < -0.4 is 21.7 Å². The summed E-state index contributed by atoms with van der Waals surface area (Å²) in [5.41, 5.74) is 6.28. The fraction of sp³-hybridized carbons (Fsp3) is 0.657. The van der Waals surface area contributed by atoms with Crippen LogP contribution in [0.1, 0.15) is 91.0 Å². The molecule has 48 heavy (non-hydrogen) atoms. The van der Waals surface area contributed by atoms with Gasteiger partial charge in [0, 0.05) is 43.2 Å². The second kappa shape index (κ2) is 21.1. The van der Waals surface area contributed by atoms with Crippen molar-refractivity contribution in [1.29, 1.82) is 0 Å². The molecule has 1 aromatic heterocycles. The van der Waals surface area contributed by atoms with Gasteiger partial charge in [-0.25, -0.2) is 0 Å². The smallest absolute Gasteiger partial charge is 0.246 e. The number of nitrogens with one attached hydrogen (secondary N) is 3. The molecule has 0 radical (unpaired) electrons. The molecule has 11 nitrogen and oxygen atoms in total. The maximum atomic E-state index is 14.0. The minimum atomic E-state index is -1.29. The number of pyridine rings is 1. The number of allylic oxidation sites excluding steroid dienone is 1. The number of primary amides is 1. The number of likely N-dealkylation sites (tertiary alicyclic amines) is 1. The fourth-order valence-electron chi connectivity index (χ4n) is 5.46. The molecule has 1 aliphatic heterocycles.